The molecule has 0 fully saturated rings. The zero-order valence-electron chi connectivity index (χ0n) is 18.3. The summed E-state index contributed by atoms with van der Waals surface area (Å²) in [5, 5.41) is 17.8. The molecule has 4 aromatic rings. The first-order valence-corrected chi connectivity index (χ1v) is 10.9. The number of hydrogen-bond donors (Lipinski definition) is 2. The number of ether oxygens (including phenoxy) is 1. The topological polar surface area (TPSA) is 174 Å². The molecule has 11 nitrogen and oxygen atoms in total. The number of methoxy groups -OCH3 is 1. The van der Waals surface area contributed by atoms with Crippen LogP contribution in [0.2, 0.25) is 0 Å². The van der Waals surface area contributed by atoms with Crippen LogP contribution in [-0.4, -0.2) is 40.5 Å². The molecule has 2 aromatic heterocycles. The van der Waals surface area contributed by atoms with Gasteiger partial charge in [-0.1, -0.05) is 35.5 Å². The highest BCUT2D eigenvalue weighted by molar-refractivity contribution is 7.60. The highest BCUT2D eigenvalue weighted by atomic mass is 32.2. The second-order valence-corrected chi connectivity index (χ2v) is 7.43. The minimum atomic E-state index is -2.61. The van der Waals surface area contributed by atoms with E-state index in [-0.39, 0.29) is 5.95 Å². The van der Waals surface area contributed by atoms with E-state index < -0.39 is 10.5 Å². The predicted molar refractivity (Wildman–Crippen MR) is 124 cm³/mol. The van der Waals surface area contributed by atoms with Crippen molar-refractivity contribution in [2.75, 3.05) is 12.8 Å². The van der Waals surface area contributed by atoms with Gasteiger partial charge in [-0.2, -0.15) is 18.5 Å². The molecule has 12 heteroatoms. The van der Waals surface area contributed by atoms with Gasteiger partial charge in [-0.15, -0.1) is 5.10 Å². The Balaban J connectivity index is 0.000000751. The van der Waals surface area contributed by atoms with Crippen molar-refractivity contribution in [3.05, 3.63) is 71.4 Å². The van der Waals surface area contributed by atoms with E-state index in [2.05, 4.69) is 45.4 Å². The zero-order valence-corrected chi connectivity index (χ0v) is 19.1. The normalized spacial score (nSPS) is 10.0. The summed E-state index contributed by atoms with van der Waals surface area (Å²) in [4.78, 5) is 8.63. The Bertz CT molecular complexity index is 1470. The van der Waals surface area contributed by atoms with Crippen molar-refractivity contribution in [2.45, 2.75) is 13.5 Å². The van der Waals surface area contributed by atoms with Crippen LogP contribution < -0.4 is 10.5 Å². The lowest BCUT2D eigenvalue weighted by atomic mass is 10.1. The molecule has 0 amide bonds. The number of hydrogen-bond acceptors (Lipinski definition) is 10. The van der Waals surface area contributed by atoms with Crippen LogP contribution in [0.5, 0.6) is 5.75 Å². The molecule has 2 heterocycles. The van der Waals surface area contributed by atoms with Gasteiger partial charge in [0, 0.05) is 5.56 Å². The van der Waals surface area contributed by atoms with Crippen LogP contribution in [0, 0.1) is 23.0 Å². The molecule has 0 saturated carbocycles. The molecule has 2 aromatic carbocycles. The predicted octanol–water partition coefficient (Wildman–Crippen LogP) is 2.85. The number of nitrogens with one attached hydrogen (secondary N) is 1. The molecule has 172 valence electrons. The van der Waals surface area contributed by atoms with Crippen molar-refractivity contribution in [1.29, 1.82) is 10.0 Å². The molecule has 3 N–H and O–H groups in total. The van der Waals surface area contributed by atoms with Crippen molar-refractivity contribution >= 4 is 16.4 Å². The fourth-order valence-electron chi connectivity index (χ4n) is 3.24. The number of aryl methyl sites for hydroxylation is 1. The number of benzene rings is 2. The number of rotatable bonds is 5. The van der Waals surface area contributed by atoms with E-state index in [0.29, 0.717) is 40.5 Å². The number of nitrogens with zero attached hydrogens (tertiary/aromatic N) is 6. The van der Waals surface area contributed by atoms with Crippen LogP contribution in [0.3, 0.4) is 0 Å². The summed E-state index contributed by atoms with van der Waals surface area (Å²) >= 11 is 0. The van der Waals surface area contributed by atoms with E-state index >= 15 is 0 Å². The molecular weight excluding hydrogens is 456 g/mol. The molecule has 0 saturated heterocycles. The minimum absolute atomic E-state index is 0.0976. The first kappa shape index (κ1) is 24.0. The van der Waals surface area contributed by atoms with E-state index in [1.165, 1.54) is 12.7 Å². The summed E-state index contributed by atoms with van der Waals surface area (Å²) < 4.78 is 30.0. The molecule has 4 rings (SSSR count). The van der Waals surface area contributed by atoms with Crippen LogP contribution in [0.4, 0.5) is 5.95 Å². The van der Waals surface area contributed by atoms with E-state index in [0.717, 1.165) is 5.56 Å². The average molecular weight is 477 g/mol. The summed E-state index contributed by atoms with van der Waals surface area (Å²) in [6.45, 7) is 2.67. The van der Waals surface area contributed by atoms with E-state index in [9.17, 15) is 5.26 Å². The van der Waals surface area contributed by atoms with Crippen LogP contribution in [-0.2, 0) is 17.0 Å². The third kappa shape index (κ3) is 5.78. The van der Waals surface area contributed by atoms with Gasteiger partial charge in [-0.25, -0.2) is 14.6 Å². The number of nitrogens with two attached hydrogens (primary N) is 1. The summed E-state index contributed by atoms with van der Waals surface area (Å²) in [7, 11) is -1.09. The van der Waals surface area contributed by atoms with Crippen molar-refractivity contribution in [1.82, 2.24) is 25.0 Å². The van der Waals surface area contributed by atoms with Gasteiger partial charge >= 0.3 is 10.5 Å². The van der Waals surface area contributed by atoms with Gasteiger partial charge in [0.15, 0.2) is 0 Å². The molecule has 0 aliphatic heterocycles. The largest absolute Gasteiger partial charge is 0.495 e. The number of nitriles is 1. The van der Waals surface area contributed by atoms with Crippen LogP contribution in [0.1, 0.15) is 16.7 Å². The van der Waals surface area contributed by atoms with Crippen LogP contribution in [0.15, 0.2) is 54.7 Å². The Morgan fingerprint density at radius 1 is 1.12 bits per heavy atom. The van der Waals surface area contributed by atoms with E-state index in [1.54, 1.807) is 22.9 Å². The molecule has 0 unspecified atom stereocenters. The van der Waals surface area contributed by atoms with Crippen molar-refractivity contribution in [3.63, 3.8) is 0 Å². The molecule has 0 aliphatic carbocycles. The Morgan fingerprint density at radius 2 is 1.82 bits per heavy atom. The monoisotopic (exact) mass is 476 g/mol. The lowest BCUT2D eigenvalue weighted by Gasteiger charge is -2.10. The second-order valence-electron chi connectivity index (χ2n) is 6.96. The van der Waals surface area contributed by atoms with Crippen LogP contribution >= 0.6 is 0 Å². The average Bonchev–Trinajstić information content (AvgIpc) is 3.28. The molecule has 34 heavy (non-hydrogen) atoms. The summed E-state index contributed by atoms with van der Waals surface area (Å²) in [6.07, 6.45) is 1.82. The van der Waals surface area contributed by atoms with Gasteiger partial charge in [0.2, 0.25) is 5.95 Å². The zero-order chi connectivity index (χ0) is 24.7. The van der Waals surface area contributed by atoms with Gasteiger partial charge in [0.1, 0.15) is 17.5 Å². The van der Waals surface area contributed by atoms with Crippen molar-refractivity contribution in [2.24, 2.45) is 0 Å². The highest BCUT2D eigenvalue weighted by Crippen LogP contribution is 2.33. The molecular formula is C22H20N8O3S. The van der Waals surface area contributed by atoms with Crippen molar-refractivity contribution in [3.8, 4) is 34.5 Å². The lowest BCUT2D eigenvalue weighted by Crippen LogP contribution is -2.02. The van der Waals surface area contributed by atoms with E-state index in [4.69, 9.17) is 23.7 Å². The smallest absolute Gasteiger partial charge is 0.308 e. The fraction of sp³-hybridized carbons (Fsp3) is 0.136. The number of anilines is 1. The van der Waals surface area contributed by atoms with Crippen molar-refractivity contribution < 1.29 is 13.2 Å². The molecule has 0 aliphatic rings. The third-order valence-electron chi connectivity index (χ3n) is 4.75. The number of nitrogen functional groups attached to an aromatic ring is 1. The highest BCUT2D eigenvalue weighted by Gasteiger charge is 2.16. The first-order valence-electron chi connectivity index (χ1n) is 9.80. The quantitative estimate of drug-likeness (QED) is 0.439. The summed E-state index contributed by atoms with van der Waals surface area (Å²) in [6, 6.07) is 17.3. The number of para-hydroxylation sites is 1. The van der Waals surface area contributed by atoms with Crippen LogP contribution in [0.25, 0.3) is 22.6 Å². The second kappa shape index (κ2) is 10.8. The Kier molecular flexibility index (Phi) is 7.63. The Labute approximate surface area is 197 Å². The third-order valence-corrected chi connectivity index (χ3v) is 4.75. The maximum atomic E-state index is 9.34. The van der Waals surface area contributed by atoms with Gasteiger partial charge in [-0.05, 0) is 36.2 Å². The number of aromatic nitrogens is 5. The maximum absolute atomic E-state index is 9.34. The van der Waals surface area contributed by atoms with Gasteiger partial charge in [0.25, 0.3) is 0 Å². The fourth-order valence-corrected chi connectivity index (χ4v) is 3.24. The summed E-state index contributed by atoms with van der Waals surface area (Å²) in [5.41, 5.74) is 11.0. The lowest BCUT2D eigenvalue weighted by molar-refractivity contribution is 0.415. The standard InChI is InChI=1S/C22H19N7O.HNO2S/c1-14-6-3-4-7-16(14)12-29-13-20(27-28-29)19-10-18(25-22(24)26-19)17-9-5-8-15(11-23)21(17)30-2;1-4(2)3/h3-10,13H,12H2,1-2H3,(H2,24,25,26);1H. The molecule has 0 atom stereocenters. The summed E-state index contributed by atoms with van der Waals surface area (Å²) in [5.74, 6) is 0.535. The van der Waals surface area contributed by atoms with Gasteiger partial charge < -0.3 is 10.5 Å². The van der Waals surface area contributed by atoms with Gasteiger partial charge in [0.05, 0.1) is 36.8 Å². The Hall–Kier alpha value is -4.63. The van der Waals surface area contributed by atoms with Gasteiger partial charge in [-0.3, -0.25) is 0 Å². The first-order chi connectivity index (χ1) is 16.3. The van der Waals surface area contributed by atoms with E-state index in [1.807, 2.05) is 24.4 Å². The maximum Gasteiger partial charge on any atom is 0.308 e. The SMILES string of the molecule is COc1c(C#N)cccc1-c1cc(-c2cn(Cc3ccccc3C)nn2)nc(N)n1.N=S(=O)=O. The molecule has 0 bridgehead atoms. The minimum Gasteiger partial charge on any atom is -0.495 e. The molecule has 0 spiro atoms. The molecule has 0 radical (unpaired) electrons. The Morgan fingerprint density at radius 3 is 2.50 bits per heavy atom.